The van der Waals surface area contributed by atoms with Crippen LogP contribution < -0.4 is 4.90 Å². The Bertz CT molecular complexity index is 415. The molecule has 0 aliphatic rings. The molecule has 4 nitrogen and oxygen atoms in total. The molecule has 0 fully saturated rings. The standard InChI is InChI=1S/C12H18N2O2Si/c1-5-17(3,4)10-13(2)11-6-8-12(9-7-11)14(15)16/h5-9H,1,10H2,2-4H3. The van der Waals surface area contributed by atoms with E-state index in [1.807, 2.05) is 7.05 Å². The maximum absolute atomic E-state index is 10.5. The molecule has 0 N–H and O–H groups in total. The molecule has 0 aliphatic carbocycles. The number of rotatable bonds is 5. The van der Waals surface area contributed by atoms with E-state index in [1.165, 1.54) is 12.1 Å². The maximum Gasteiger partial charge on any atom is 0.269 e. The van der Waals surface area contributed by atoms with E-state index in [1.54, 1.807) is 12.1 Å². The summed E-state index contributed by atoms with van der Waals surface area (Å²) < 4.78 is 0. The highest BCUT2D eigenvalue weighted by Crippen LogP contribution is 2.19. The van der Waals surface area contributed by atoms with Crippen molar-refractivity contribution in [2.45, 2.75) is 13.1 Å². The molecule has 0 unspecified atom stereocenters. The number of hydrogen-bond donors (Lipinski definition) is 0. The molecule has 17 heavy (non-hydrogen) atoms. The Labute approximate surface area is 103 Å². The zero-order valence-corrected chi connectivity index (χ0v) is 11.5. The molecule has 0 radical (unpaired) electrons. The highest BCUT2D eigenvalue weighted by atomic mass is 28.3. The average Bonchev–Trinajstić information content (AvgIpc) is 2.28. The highest BCUT2D eigenvalue weighted by Gasteiger charge is 2.19. The minimum Gasteiger partial charge on any atom is -0.377 e. The molecule has 0 saturated heterocycles. The van der Waals surface area contributed by atoms with Crippen LogP contribution in [0.2, 0.25) is 13.1 Å². The van der Waals surface area contributed by atoms with Crippen molar-refractivity contribution < 1.29 is 4.92 Å². The Morgan fingerprint density at radius 1 is 1.41 bits per heavy atom. The first-order chi connectivity index (χ1) is 7.85. The summed E-state index contributed by atoms with van der Waals surface area (Å²) >= 11 is 0. The largest absolute Gasteiger partial charge is 0.377 e. The second-order valence-corrected chi connectivity index (χ2v) is 9.52. The molecule has 1 aromatic carbocycles. The van der Waals surface area contributed by atoms with E-state index in [0.29, 0.717) is 0 Å². The summed E-state index contributed by atoms with van der Waals surface area (Å²) in [6, 6.07) is 6.64. The molecule has 5 heteroatoms. The second kappa shape index (κ2) is 5.14. The molecule has 0 atom stereocenters. The molecule has 0 saturated carbocycles. The predicted octanol–water partition coefficient (Wildman–Crippen LogP) is 3.00. The summed E-state index contributed by atoms with van der Waals surface area (Å²) in [5, 5.41) is 10.5. The third kappa shape index (κ3) is 3.71. The van der Waals surface area contributed by atoms with Crippen LogP contribution in [0, 0.1) is 10.1 Å². The Morgan fingerprint density at radius 3 is 2.35 bits per heavy atom. The van der Waals surface area contributed by atoms with Gasteiger partial charge >= 0.3 is 0 Å². The first-order valence-corrected chi connectivity index (χ1v) is 8.73. The van der Waals surface area contributed by atoms with E-state index in [0.717, 1.165) is 11.9 Å². The summed E-state index contributed by atoms with van der Waals surface area (Å²) in [4.78, 5) is 12.3. The first kappa shape index (κ1) is 13.4. The van der Waals surface area contributed by atoms with Crippen LogP contribution in [0.1, 0.15) is 0 Å². The summed E-state index contributed by atoms with van der Waals surface area (Å²) in [6.07, 6.45) is 0.953. The smallest absolute Gasteiger partial charge is 0.269 e. The lowest BCUT2D eigenvalue weighted by Gasteiger charge is -2.27. The molecule has 0 heterocycles. The van der Waals surface area contributed by atoms with E-state index in [2.05, 4.69) is 30.3 Å². The van der Waals surface area contributed by atoms with Crippen molar-refractivity contribution in [1.29, 1.82) is 0 Å². The zero-order chi connectivity index (χ0) is 13.1. The van der Waals surface area contributed by atoms with Gasteiger partial charge in [0, 0.05) is 31.0 Å². The Balaban J connectivity index is 2.80. The molecular formula is C12H18N2O2Si. The monoisotopic (exact) mass is 250 g/mol. The third-order valence-electron chi connectivity index (χ3n) is 2.70. The van der Waals surface area contributed by atoms with Crippen LogP contribution in [0.5, 0.6) is 0 Å². The number of anilines is 1. The topological polar surface area (TPSA) is 46.4 Å². The number of nitro benzene ring substituents is 1. The lowest BCUT2D eigenvalue weighted by atomic mass is 10.3. The molecular weight excluding hydrogens is 232 g/mol. The van der Waals surface area contributed by atoms with Crippen LogP contribution >= 0.6 is 0 Å². The quantitative estimate of drug-likeness (QED) is 0.458. The fourth-order valence-electron chi connectivity index (χ4n) is 1.60. The van der Waals surface area contributed by atoms with E-state index < -0.39 is 8.07 Å². The average molecular weight is 250 g/mol. The van der Waals surface area contributed by atoms with Gasteiger partial charge in [-0.15, -0.1) is 12.3 Å². The molecule has 0 bridgehead atoms. The highest BCUT2D eigenvalue weighted by molar-refractivity contribution is 6.82. The van der Waals surface area contributed by atoms with Crippen molar-refractivity contribution in [3.63, 3.8) is 0 Å². The van der Waals surface area contributed by atoms with Gasteiger partial charge in [0.2, 0.25) is 0 Å². The summed E-state index contributed by atoms with van der Waals surface area (Å²) in [5.74, 6) is 0. The van der Waals surface area contributed by atoms with Crippen LogP contribution in [-0.2, 0) is 0 Å². The van der Waals surface area contributed by atoms with Gasteiger partial charge in [0.15, 0.2) is 0 Å². The summed E-state index contributed by atoms with van der Waals surface area (Å²) in [5.41, 5.74) is 3.18. The van der Waals surface area contributed by atoms with Crippen molar-refractivity contribution in [3.8, 4) is 0 Å². The van der Waals surface area contributed by atoms with Crippen LogP contribution in [0.3, 0.4) is 0 Å². The van der Waals surface area contributed by atoms with E-state index in [4.69, 9.17) is 0 Å². The van der Waals surface area contributed by atoms with Gasteiger partial charge in [0.1, 0.15) is 0 Å². The fourth-order valence-corrected chi connectivity index (χ4v) is 3.13. The van der Waals surface area contributed by atoms with Crippen LogP contribution in [-0.4, -0.2) is 26.2 Å². The normalized spacial score (nSPS) is 11.0. The Kier molecular flexibility index (Phi) is 4.06. The fraction of sp³-hybridized carbons (Fsp3) is 0.333. The van der Waals surface area contributed by atoms with Crippen molar-refractivity contribution in [1.82, 2.24) is 0 Å². The van der Waals surface area contributed by atoms with E-state index in [-0.39, 0.29) is 10.6 Å². The van der Waals surface area contributed by atoms with Crippen molar-refractivity contribution in [2.75, 3.05) is 18.1 Å². The van der Waals surface area contributed by atoms with Gasteiger partial charge in [0.05, 0.1) is 13.0 Å². The van der Waals surface area contributed by atoms with E-state index in [9.17, 15) is 10.1 Å². The van der Waals surface area contributed by atoms with Crippen molar-refractivity contribution >= 4 is 19.4 Å². The van der Waals surface area contributed by atoms with Gasteiger partial charge in [-0.2, -0.15) is 0 Å². The first-order valence-electron chi connectivity index (χ1n) is 5.45. The molecule has 1 aromatic rings. The van der Waals surface area contributed by atoms with Crippen LogP contribution in [0.4, 0.5) is 11.4 Å². The third-order valence-corrected chi connectivity index (χ3v) is 5.09. The minimum absolute atomic E-state index is 0.127. The number of nitrogens with zero attached hydrogens (tertiary/aromatic N) is 2. The van der Waals surface area contributed by atoms with Crippen LogP contribution in [0.15, 0.2) is 36.5 Å². The van der Waals surface area contributed by atoms with Crippen LogP contribution in [0.25, 0.3) is 0 Å². The molecule has 1 rings (SSSR count). The van der Waals surface area contributed by atoms with Gasteiger partial charge in [-0.3, -0.25) is 10.1 Å². The Morgan fingerprint density at radius 2 is 1.94 bits per heavy atom. The van der Waals surface area contributed by atoms with Crippen molar-refractivity contribution in [2.24, 2.45) is 0 Å². The predicted molar refractivity (Wildman–Crippen MR) is 74.0 cm³/mol. The number of non-ortho nitro benzene ring substituents is 1. The molecule has 0 amide bonds. The van der Waals surface area contributed by atoms with Crippen molar-refractivity contribution in [3.05, 3.63) is 46.7 Å². The SMILES string of the molecule is C=C[Si](C)(C)CN(C)c1ccc([N+](=O)[O-])cc1. The summed E-state index contributed by atoms with van der Waals surface area (Å²) in [7, 11) is 0.597. The molecule has 92 valence electrons. The molecule has 0 aliphatic heterocycles. The summed E-state index contributed by atoms with van der Waals surface area (Å²) in [6.45, 7) is 8.34. The van der Waals surface area contributed by atoms with Gasteiger partial charge in [-0.1, -0.05) is 13.1 Å². The maximum atomic E-state index is 10.5. The minimum atomic E-state index is -1.40. The number of hydrogen-bond acceptors (Lipinski definition) is 3. The van der Waals surface area contributed by atoms with Gasteiger partial charge in [-0.05, 0) is 12.1 Å². The van der Waals surface area contributed by atoms with Gasteiger partial charge < -0.3 is 4.90 Å². The lowest BCUT2D eigenvalue weighted by molar-refractivity contribution is -0.384. The zero-order valence-electron chi connectivity index (χ0n) is 10.5. The molecule has 0 spiro atoms. The second-order valence-electron chi connectivity index (χ2n) is 4.82. The van der Waals surface area contributed by atoms with Gasteiger partial charge in [-0.25, -0.2) is 0 Å². The molecule has 0 aromatic heterocycles. The van der Waals surface area contributed by atoms with Gasteiger partial charge in [0.25, 0.3) is 5.69 Å². The number of benzene rings is 1. The lowest BCUT2D eigenvalue weighted by Crippen LogP contribution is -2.39. The Hall–Kier alpha value is -1.62. The van der Waals surface area contributed by atoms with E-state index >= 15 is 0 Å². The number of nitro groups is 1.